The highest BCUT2D eigenvalue weighted by Crippen LogP contribution is 2.10. The van der Waals surface area contributed by atoms with Gasteiger partial charge >= 0.3 is 0 Å². The zero-order valence-electron chi connectivity index (χ0n) is 15.7. The molecule has 0 bridgehead atoms. The lowest BCUT2D eigenvalue weighted by Gasteiger charge is -2.27. The third-order valence-corrected chi connectivity index (χ3v) is 4.59. The van der Waals surface area contributed by atoms with Crippen LogP contribution < -0.4 is 0 Å². The van der Waals surface area contributed by atoms with Crippen LogP contribution in [0.4, 0.5) is 0 Å². The van der Waals surface area contributed by atoms with Gasteiger partial charge in [0.15, 0.2) is 0 Å². The van der Waals surface area contributed by atoms with Crippen molar-refractivity contribution in [1.29, 1.82) is 0 Å². The van der Waals surface area contributed by atoms with E-state index in [1.807, 2.05) is 35.2 Å². The normalized spacial score (nSPS) is 10.9. The fourth-order valence-corrected chi connectivity index (χ4v) is 3.01. The highest BCUT2D eigenvalue weighted by molar-refractivity contribution is 5.78. The third kappa shape index (κ3) is 6.35. The van der Waals surface area contributed by atoms with Crippen molar-refractivity contribution in [3.8, 4) is 0 Å². The van der Waals surface area contributed by atoms with Crippen LogP contribution >= 0.6 is 0 Å². The smallest absolute Gasteiger partial charge is 0.227 e. The van der Waals surface area contributed by atoms with E-state index in [1.54, 1.807) is 0 Å². The zero-order chi connectivity index (χ0) is 18.1. The van der Waals surface area contributed by atoms with Crippen molar-refractivity contribution in [2.75, 3.05) is 26.2 Å². The number of carbonyl (C=O) groups excluding carboxylic acids is 1. The summed E-state index contributed by atoms with van der Waals surface area (Å²) in [5.74, 6) is 0.196. The minimum Gasteiger partial charge on any atom is -0.337 e. The van der Waals surface area contributed by atoms with Crippen LogP contribution in [0.15, 0.2) is 54.6 Å². The van der Waals surface area contributed by atoms with Gasteiger partial charge < -0.3 is 9.80 Å². The molecule has 0 spiro atoms. The number of rotatable bonds is 9. The number of carbonyl (C=O) groups is 1. The van der Waals surface area contributed by atoms with Crippen LogP contribution in [-0.2, 0) is 17.8 Å². The van der Waals surface area contributed by atoms with Gasteiger partial charge in [-0.1, -0.05) is 74.0 Å². The van der Waals surface area contributed by atoms with Crippen molar-refractivity contribution < 1.29 is 4.79 Å². The van der Waals surface area contributed by atoms with Crippen LogP contribution in [-0.4, -0.2) is 41.9 Å². The van der Waals surface area contributed by atoms with Crippen LogP contribution in [0.25, 0.3) is 0 Å². The van der Waals surface area contributed by atoms with Gasteiger partial charge in [-0.2, -0.15) is 0 Å². The van der Waals surface area contributed by atoms with Crippen LogP contribution in [0, 0.1) is 6.92 Å². The number of hydrogen-bond donors (Lipinski definition) is 0. The van der Waals surface area contributed by atoms with Crippen LogP contribution in [0.1, 0.15) is 30.5 Å². The predicted octanol–water partition coefficient (Wildman–Crippen LogP) is 3.91. The Bertz CT molecular complexity index is 650. The standard InChI is InChI=1S/C22H30N2O/c1-4-23(5-2)14-15-24(18-20-11-7-6-8-12-20)22(25)17-21-13-9-10-19(3)16-21/h6-13,16H,4-5,14-15,17-18H2,1-3H3. The lowest BCUT2D eigenvalue weighted by molar-refractivity contribution is -0.131. The van der Waals surface area contributed by atoms with Crippen molar-refractivity contribution in [1.82, 2.24) is 9.80 Å². The molecule has 2 rings (SSSR count). The molecule has 0 aliphatic rings. The van der Waals surface area contributed by atoms with E-state index in [1.165, 1.54) is 11.1 Å². The molecular weight excluding hydrogens is 308 g/mol. The van der Waals surface area contributed by atoms with Gasteiger partial charge in [-0.15, -0.1) is 0 Å². The Kier molecular flexibility index (Phi) is 7.68. The second kappa shape index (κ2) is 10.00. The van der Waals surface area contributed by atoms with Gasteiger partial charge in [0, 0.05) is 19.6 Å². The Morgan fingerprint density at radius 1 is 0.880 bits per heavy atom. The molecule has 25 heavy (non-hydrogen) atoms. The van der Waals surface area contributed by atoms with Crippen LogP contribution in [0.3, 0.4) is 0 Å². The number of amides is 1. The summed E-state index contributed by atoms with van der Waals surface area (Å²) < 4.78 is 0. The lowest BCUT2D eigenvalue weighted by atomic mass is 10.1. The number of benzene rings is 2. The van der Waals surface area contributed by atoms with Gasteiger partial charge in [0.1, 0.15) is 0 Å². The molecule has 0 aromatic heterocycles. The quantitative estimate of drug-likeness (QED) is 0.692. The molecule has 0 saturated heterocycles. The Balaban J connectivity index is 2.07. The van der Waals surface area contributed by atoms with E-state index in [9.17, 15) is 4.79 Å². The van der Waals surface area contributed by atoms with E-state index in [4.69, 9.17) is 0 Å². The second-order valence-corrected chi connectivity index (χ2v) is 6.49. The number of nitrogens with zero attached hydrogens (tertiary/aromatic N) is 2. The Hall–Kier alpha value is -2.13. The molecule has 0 aliphatic carbocycles. The first kappa shape index (κ1) is 19.2. The number of likely N-dealkylation sites (N-methyl/N-ethyl adjacent to an activating group) is 1. The molecule has 0 atom stereocenters. The summed E-state index contributed by atoms with van der Waals surface area (Å²) >= 11 is 0. The van der Waals surface area contributed by atoms with Gasteiger partial charge in [-0.05, 0) is 31.1 Å². The number of hydrogen-bond acceptors (Lipinski definition) is 2. The molecule has 0 N–H and O–H groups in total. The largest absolute Gasteiger partial charge is 0.337 e. The van der Waals surface area contributed by atoms with Gasteiger partial charge in [0.05, 0.1) is 6.42 Å². The molecular formula is C22H30N2O. The SMILES string of the molecule is CCN(CC)CCN(Cc1ccccc1)C(=O)Cc1cccc(C)c1. The summed E-state index contributed by atoms with van der Waals surface area (Å²) in [6, 6.07) is 18.5. The maximum atomic E-state index is 12.9. The summed E-state index contributed by atoms with van der Waals surface area (Å²) in [5.41, 5.74) is 3.47. The van der Waals surface area contributed by atoms with Crippen LogP contribution in [0.5, 0.6) is 0 Å². The molecule has 1 amide bonds. The summed E-state index contributed by atoms with van der Waals surface area (Å²) in [4.78, 5) is 17.3. The topological polar surface area (TPSA) is 23.6 Å². The number of aryl methyl sites for hydroxylation is 1. The van der Waals surface area contributed by atoms with Gasteiger partial charge in [-0.3, -0.25) is 4.79 Å². The van der Waals surface area contributed by atoms with Gasteiger partial charge in [0.25, 0.3) is 0 Å². The summed E-state index contributed by atoms with van der Waals surface area (Å²) in [6.45, 7) is 10.8. The maximum absolute atomic E-state index is 12.9. The van der Waals surface area contributed by atoms with Crippen LogP contribution in [0.2, 0.25) is 0 Å². The first-order valence-electron chi connectivity index (χ1n) is 9.22. The van der Waals surface area contributed by atoms with Crippen molar-refractivity contribution in [3.63, 3.8) is 0 Å². The van der Waals surface area contributed by atoms with Gasteiger partial charge in [-0.25, -0.2) is 0 Å². The summed E-state index contributed by atoms with van der Waals surface area (Å²) in [6.07, 6.45) is 0.465. The first-order valence-corrected chi connectivity index (χ1v) is 9.22. The average molecular weight is 338 g/mol. The van der Waals surface area contributed by atoms with E-state index < -0.39 is 0 Å². The Labute approximate surface area is 152 Å². The fraction of sp³-hybridized carbons (Fsp3) is 0.409. The minimum absolute atomic E-state index is 0.196. The zero-order valence-corrected chi connectivity index (χ0v) is 15.7. The van der Waals surface area contributed by atoms with E-state index in [2.05, 4.69) is 49.9 Å². The molecule has 0 saturated carbocycles. The fourth-order valence-electron chi connectivity index (χ4n) is 3.01. The molecule has 2 aromatic carbocycles. The second-order valence-electron chi connectivity index (χ2n) is 6.49. The highest BCUT2D eigenvalue weighted by Gasteiger charge is 2.15. The van der Waals surface area contributed by atoms with Gasteiger partial charge in [0.2, 0.25) is 5.91 Å². The highest BCUT2D eigenvalue weighted by atomic mass is 16.2. The molecule has 0 aliphatic heterocycles. The molecule has 0 radical (unpaired) electrons. The van der Waals surface area contributed by atoms with Crippen molar-refractivity contribution in [2.45, 2.75) is 33.7 Å². The van der Waals surface area contributed by atoms with Crippen molar-refractivity contribution >= 4 is 5.91 Å². The van der Waals surface area contributed by atoms with Crippen molar-refractivity contribution in [2.24, 2.45) is 0 Å². The van der Waals surface area contributed by atoms with E-state index in [0.717, 1.165) is 31.7 Å². The minimum atomic E-state index is 0.196. The monoisotopic (exact) mass is 338 g/mol. The van der Waals surface area contributed by atoms with E-state index in [-0.39, 0.29) is 5.91 Å². The molecule has 0 unspecified atom stereocenters. The molecule has 3 heteroatoms. The lowest BCUT2D eigenvalue weighted by Crippen LogP contribution is -2.39. The van der Waals surface area contributed by atoms with E-state index >= 15 is 0 Å². The Morgan fingerprint density at radius 2 is 1.56 bits per heavy atom. The summed E-state index contributed by atoms with van der Waals surface area (Å²) in [5, 5.41) is 0. The molecule has 0 heterocycles. The Morgan fingerprint density at radius 3 is 2.20 bits per heavy atom. The van der Waals surface area contributed by atoms with E-state index in [0.29, 0.717) is 13.0 Å². The molecule has 0 fully saturated rings. The third-order valence-electron chi connectivity index (χ3n) is 4.59. The predicted molar refractivity (Wildman–Crippen MR) is 105 cm³/mol. The molecule has 134 valence electrons. The maximum Gasteiger partial charge on any atom is 0.227 e. The first-order chi connectivity index (χ1) is 12.1. The summed E-state index contributed by atoms with van der Waals surface area (Å²) in [7, 11) is 0. The van der Waals surface area contributed by atoms with Crippen molar-refractivity contribution in [3.05, 3.63) is 71.3 Å². The average Bonchev–Trinajstić information content (AvgIpc) is 2.62. The molecule has 3 nitrogen and oxygen atoms in total. The molecule has 2 aromatic rings.